The van der Waals surface area contributed by atoms with Gasteiger partial charge in [-0.25, -0.2) is 0 Å². The standard InChI is InChI=1S/C11H14N2O3S2/c14-10(15)4-1-5-12-7-13(11(17)18-8-12)9-3-2-6-16-9/h2-3,6H,1,4-5,7-8H2,(H,14,15). The Morgan fingerprint density at radius 2 is 2.44 bits per heavy atom. The van der Waals surface area contributed by atoms with Gasteiger partial charge in [-0.1, -0.05) is 24.0 Å². The molecule has 0 spiro atoms. The van der Waals surface area contributed by atoms with E-state index in [1.165, 1.54) is 0 Å². The van der Waals surface area contributed by atoms with Crippen LogP contribution in [0.2, 0.25) is 0 Å². The molecule has 1 aliphatic heterocycles. The van der Waals surface area contributed by atoms with Crippen LogP contribution >= 0.6 is 24.0 Å². The van der Waals surface area contributed by atoms with Crippen LogP contribution in [0.15, 0.2) is 22.8 Å². The first-order valence-electron chi connectivity index (χ1n) is 5.59. The van der Waals surface area contributed by atoms with Crippen LogP contribution in [0.25, 0.3) is 0 Å². The number of carbonyl (C=O) groups is 1. The first kappa shape index (κ1) is 13.4. The quantitative estimate of drug-likeness (QED) is 0.833. The molecule has 1 saturated heterocycles. The van der Waals surface area contributed by atoms with Gasteiger partial charge in [0.15, 0.2) is 0 Å². The van der Waals surface area contributed by atoms with Crippen molar-refractivity contribution in [3.05, 3.63) is 18.4 Å². The van der Waals surface area contributed by atoms with Crippen molar-refractivity contribution in [2.75, 3.05) is 24.0 Å². The molecule has 7 heteroatoms. The average Bonchev–Trinajstić information content (AvgIpc) is 2.84. The van der Waals surface area contributed by atoms with Gasteiger partial charge in [0.2, 0.25) is 5.88 Å². The molecule has 1 N–H and O–H groups in total. The van der Waals surface area contributed by atoms with Crippen LogP contribution in [0.3, 0.4) is 0 Å². The number of nitrogens with zero attached hydrogens (tertiary/aromatic N) is 2. The molecule has 18 heavy (non-hydrogen) atoms. The molecule has 0 bridgehead atoms. The highest BCUT2D eigenvalue weighted by Gasteiger charge is 2.24. The van der Waals surface area contributed by atoms with Gasteiger partial charge in [-0.15, -0.1) is 0 Å². The van der Waals surface area contributed by atoms with Gasteiger partial charge in [-0.05, 0) is 12.5 Å². The molecule has 1 aromatic heterocycles. The van der Waals surface area contributed by atoms with Gasteiger partial charge in [0, 0.05) is 19.0 Å². The molecule has 2 heterocycles. The number of carboxylic acids is 1. The monoisotopic (exact) mass is 286 g/mol. The topological polar surface area (TPSA) is 56.9 Å². The Bertz CT molecular complexity index is 422. The van der Waals surface area contributed by atoms with Crippen LogP contribution in [0.4, 0.5) is 5.88 Å². The van der Waals surface area contributed by atoms with E-state index in [-0.39, 0.29) is 6.42 Å². The number of carboxylic acid groups (broad SMARTS) is 1. The maximum Gasteiger partial charge on any atom is 0.303 e. The highest BCUT2D eigenvalue weighted by Crippen LogP contribution is 2.25. The van der Waals surface area contributed by atoms with E-state index in [1.54, 1.807) is 18.0 Å². The van der Waals surface area contributed by atoms with Crippen molar-refractivity contribution in [2.45, 2.75) is 12.8 Å². The Balaban J connectivity index is 1.88. The summed E-state index contributed by atoms with van der Waals surface area (Å²) < 4.78 is 6.13. The zero-order chi connectivity index (χ0) is 13.0. The molecule has 1 aliphatic rings. The SMILES string of the molecule is O=C(O)CCCN1CSC(=S)N(c2ccco2)C1. The lowest BCUT2D eigenvalue weighted by Gasteiger charge is -2.34. The lowest BCUT2D eigenvalue weighted by atomic mass is 10.3. The Morgan fingerprint density at radius 3 is 3.11 bits per heavy atom. The lowest BCUT2D eigenvalue weighted by Crippen LogP contribution is -2.45. The first-order chi connectivity index (χ1) is 8.66. The first-order valence-corrected chi connectivity index (χ1v) is 6.98. The number of thiocarbonyl (C=S) groups is 1. The van der Waals surface area contributed by atoms with Crippen LogP contribution in [0.1, 0.15) is 12.8 Å². The summed E-state index contributed by atoms with van der Waals surface area (Å²) in [6, 6.07) is 3.69. The third-order valence-corrected chi connectivity index (χ3v) is 4.11. The average molecular weight is 286 g/mol. The number of hydrogen-bond donors (Lipinski definition) is 1. The molecule has 0 unspecified atom stereocenters. The maximum atomic E-state index is 10.5. The summed E-state index contributed by atoms with van der Waals surface area (Å²) in [6.45, 7) is 1.40. The van der Waals surface area contributed by atoms with Gasteiger partial charge in [-0.3, -0.25) is 14.6 Å². The molecule has 0 atom stereocenters. The van der Waals surface area contributed by atoms with E-state index in [9.17, 15) is 4.79 Å². The minimum Gasteiger partial charge on any atom is -0.481 e. The normalized spacial score (nSPS) is 17.1. The molecule has 0 aromatic carbocycles. The minimum absolute atomic E-state index is 0.201. The van der Waals surface area contributed by atoms with Crippen LogP contribution in [0.5, 0.6) is 0 Å². The highest BCUT2D eigenvalue weighted by atomic mass is 32.2. The van der Waals surface area contributed by atoms with E-state index in [4.69, 9.17) is 21.7 Å². The van der Waals surface area contributed by atoms with Crippen molar-refractivity contribution >= 4 is 40.2 Å². The van der Waals surface area contributed by atoms with E-state index in [0.717, 1.165) is 22.6 Å². The fourth-order valence-electron chi connectivity index (χ4n) is 1.70. The van der Waals surface area contributed by atoms with Crippen molar-refractivity contribution < 1.29 is 14.3 Å². The molecule has 1 fully saturated rings. The van der Waals surface area contributed by atoms with Gasteiger partial charge < -0.3 is 9.52 Å². The van der Waals surface area contributed by atoms with Crippen LogP contribution in [-0.2, 0) is 4.79 Å². The fourth-order valence-corrected chi connectivity index (χ4v) is 2.81. The predicted octanol–water partition coefficient (Wildman–Crippen LogP) is 2.20. The summed E-state index contributed by atoms with van der Waals surface area (Å²) in [5.41, 5.74) is 0. The third kappa shape index (κ3) is 3.47. The van der Waals surface area contributed by atoms with E-state index < -0.39 is 5.97 Å². The van der Waals surface area contributed by atoms with Crippen molar-refractivity contribution in [1.82, 2.24) is 4.90 Å². The van der Waals surface area contributed by atoms with Gasteiger partial charge in [-0.2, -0.15) is 0 Å². The molecule has 0 amide bonds. The number of anilines is 1. The van der Waals surface area contributed by atoms with Crippen molar-refractivity contribution in [2.24, 2.45) is 0 Å². The number of hydrogen-bond acceptors (Lipinski definition) is 5. The Labute approximate surface area is 115 Å². The van der Waals surface area contributed by atoms with Gasteiger partial charge in [0.25, 0.3) is 0 Å². The molecular formula is C11H14N2O3S2. The van der Waals surface area contributed by atoms with E-state index in [2.05, 4.69) is 4.90 Å². The number of furan rings is 1. The molecule has 0 saturated carbocycles. The van der Waals surface area contributed by atoms with E-state index in [1.807, 2.05) is 17.0 Å². The number of aliphatic carboxylic acids is 1. The molecule has 0 aliphatic carbocycles. The van der Waals surface area contributed by atoms with Crippen molar-refractivity contribution in [3.63, 3.8) is 0 Å². The number of rotatable bonds is 5. The zero-order valence-electron chi connectivity index (χ0n) is 9.74. The van der Waals surface area contributed by atoms with Crippen molar-refractivity contribution in [1.29, 1.82) is 0 Å². The lowest BCUT2D eigenvalue weighted by molar-refractivity contribution is -0.137. The minimum atomic E-state index is -0.752. The van der Waals surface area contributed by atoms with Gasteiger partial charge in [0.05, 0.1) is 18.8 Å². The van der Waals surface area contributed by atoms with Crippen LogP contribution in [0, 0.1) is 0 Å². The molecular weight excluding hydrogens is 272 g/mol. The van der Waals surface area contributed by atoms with Crippen LogP contribution < -0.4 is 4.90 Å². The zero-order valence-corrected chi connectivity index (χ0v) is 11.4. The second-order valence-electron chi connectivity index (χ2n) is 3.95. The molecule has 1 aromatic rings. The maximum absolute atomic E-state index is 10.5. The Kier molecular flexibility index (Phi) is 4.62. The van der Waals surface area contributed by atoms with E-state index in [0.29, 0.717) is 13.1 Å². The van der Waals surface area contributed by atoms with Gasteiger partial charge >= 0.3 is 5.97 Å². The highest BCUT2D eigenvalue weighted by molar-refractivity contribution is 8.23. The summed E-state index contributed by atoms with van der Waals surface area (Å²) >= 11 is 6.86. The van der Waals surface area contributed by atoms with Crippen LogP contribution in [-0.4, -0.2) is 39.4 Å². The molecule has 98 valence electrons. The van der Waals surface area contributed by atoms with E-state index >= 15 is 0 Å². The molecule has 0 radical (unpaired) electrons. The Hall–Kier alpha value is -1.05. The van der Waals surface area contributed by atoms with Gasteiger partial charge in [0.1, 0.15) is 4.32 Å². The summed E-state index contributed by atoms with van der Waals surface area (Å²) in [7, 11) is 0. The summed E-state index contributed by atoms with van der Waals surface area (Å²) in [5, 5.41) is 8.62. The smallest absolute Gasteiger partial charge is 0.303 e. The summed E-state index contributed by atoms with van der Waals surface area (Å²) in [5.74, 6) is 0.781. The molecule has 5 nitrogen and oxygen atoms in total. The summed E-state index contributed by atoms with van der Waals surface area (Å²) in [6.07, 6.45) is 2.47. The third-order valence-electron chi connectivity index (χ3n) is 2.57. The largest absolute Gasteiger partial charge is 0.481 e. The Morgan fingerprint density at radius 1 is 1.61 bits per heavy atom. The fraction of sp³-hybridized carbons (Fsp3) is 0.455. The second-order valence-corrected chi connectivity index (χ2v) is 5.53. The number of thioether (sulfide) groups is 1. The molecule has 2 rings (SSSR count). The summed E-state index contributed by atoms with van der Waals surface area (Å²) in [4.78, 5) is 14.6. The second kappa shape index (κ2) is 6.21. The predicted molar refractivity (Wildman–Crippen MR) is 74.7 cm³/mol. The van der Waals surface area contributed by atoms with Crippen molar-refractivity contribution in [3.8, 4) is 0 Å².